The summed E-state index contributed by atoms with van der Waals surface area (Å²) in [7, 11) is 0. The van der Waals surface area contributed by atoms with Crippen molar-refractivity contribution in [3.63, 3.8) is 0 Å². The summed E-state index contributed by atoms with van der Waals surface area (Å²) < 4.78 is 12.2. The van der Waals surface area contributed by atoms with Crippen molar-refractivity contribution in [2.24, 2.45) is 0 Å². The predicted octanol–water partition coefficient (Wildman–Crippen LogP) is 5.89. The molecule has 32 heavy (non-hydrogen) atoms. The number of fused-ring (bicyclic) bond motifs is 1. The van der Waals surface area contributed by atoms with Gasteiger partial charge in [-0.15, -0.1) is 0 Å². The zero-order valence-corrected chi connectivity index (χ0v) is 19.7. The van der Waals surface area contributed by atoms with E-state index in [1.54, 1.807) is 47.6 Å². The van der Waals surface area contributed by atoms with E-state index in [2.05, 4.69) is 9.97 Å². The first-order valence-corrected chi connectivity index (χ1v) is 10.5. The third-order valence-electron chi connectivity index (χ3n) is 4.05. The number of carbonyl (C=O) groups is 2. The molecule has 3 rings (SSSR count). The Morgan fingerprint density at radius 1 is 0.969 bits per heavy atom. The number of esters is 1. The number of hydrogen-bond acceptors (Lipinski definition) is 6. The SMILES string of the molecule is CC(C)(C)OC(=O)/C=C/c1cc2c(Cl)nc(-c3ccccc3)nc2n1C(=O)OC(C)(C)C. The van der Waals surface area contributed by atoms with Gasteiger partial charge in [0.1, 0.15) is 16.4 Å². The van der Waals surface area contributed by atoms with Gasteiger partial charge in [-0.1, -0.05) is 41.9 Å². The fourth-order valence-corrected chi connectivity index (χ4v) is 3.11. The molecule has 0 amide bonds. The number of halogens is 1. The highest BCUT2D eigenvalue weighted by molar-refractivity contribution is 6.34. The van der Waals surface area contributed by atoms with E-state index >= 15 is 0 Å². The summed E-state index contributed by atoms with van der Waals surface area (Å²) in [6.45, 7) is 10.6. The maximum atomic E-state index is 13.1. The van der Waals surface area contributed by atoms with E-state index in [1.165, 1.54) is 16.7 Å². The molecular formula is C24H26ClN3O4. The molecule has 7 nitrogen and oxygen atoms in total. The van der Waals surface area contributed by atoms with Crippen molar-refractivity contribution in [2.75, 3.05) is 0 Å². The molecule has 168 valence electrons. The largest absolute Gasteiger partial charge is 0.457 e. The maximum Gasteiger partial charge on any atom is 0.420 e. The van der Waals surface area contributed by atoms with Crippen molar-refractivity contribution in [1.29, 1.82) is 0 Å². The van der Waals surface area contributed by atoms with Crippen molar-refractivity contribution in [2.45, 2.75) is 52.7 Å². The third-order valence-corrected chi connectivity index (χ3v) is 4.33. The van der Waals surface area contributed by atoms with Gasteiger partial charge < -0.3 is 9.47 Å². The van der Waals surface area contributed by atoms with Crippen molar-refractivity contribution in [3.05, 3.63) is 53.3 Å². The Bertz CT molecular complexity index is 1190. The van der Waals surface area contributed by atoms with Crippen LogP contribution in [0.5, 0.6) is 0 Å². The van der Waals surface area contributed by atoms with Gasteiger partial charge in [0.25, 0.3) is 0 Å². The summed E-state index contributed by atoms with van der Waals surface area (Å²) in [4.78, 5) is 34.2. The number of carbonyl (C=O) groups excluding carboxylic acids is 2. The first-order chi connectivity index (χ1) is 14.8. The maximum absolute atomic E-state index is 13.1. The van der Waals surface area contributed by atoms with E-state index in [4.69, 9.17) is 21.1 Å². The van der Waals surface area contributed by atoms with Gasteiger partial charge >= 0.3 is 12.1 Å². The molecule has 0 radical (unpaired) electrons. The van der Waals surface area contributed by atoms with Gasteiger partial charge in [-0.25, -0.2) is 24.1 Å². The molecule has 0 bridgehead atoms. The van der Waals surface area contributed by atoms with Gasteiger partial charge in [-0.3, -0.25) is 0 Å². The Morgan fingerprint density at radius 2 is 1.59 bits per heavy atom. The molecule has 0 saturated carbocycles. The topological polar surface area (TPSA) is 83.3 Å². The van der Waals surface area contributed by atoms with Crippen LogP contribution in [0.2, 0.25) is 5.15 Å². The van der Waals surface area contributed by atoms with Crippen LogP contribution >= 0.6 is 11.6 Å². The average molecular weight is 456 g/mol. The quantitative estimate of drug-likeness (QED) is 0.278. The molecule has 0 saturated heterocycles. The number of ether oxygens (including phenoxy) is 2. The number of benzene rings is 1. The zero-order chi connectivity index (χ0) is 23.7. The van der Waals surface area contributed by atoms with Crippen LogP contribution in [0.15, 0.2) is 42.5 Å². The lowest BCUT2D eigenvalue weighted by Crippen LogP contribution is -2.27. The molecule has 2 aromatic heterocycles. The van der Waals surface area contributed by atoms with Crippen LogP contribution in [-0.2, 0) is 14.3 Å². The van der Waals surface area contributed by atoms with Crippen LogP contribution in [0, 0.1) is 0 Å². The first-order valence-electron chi connectivity index (χ1n) is 10.1. The minimum absolute atomic E-state index is 0.183. The molecule has 0 N–H and O–H groups in total. The number of rotatable bonds is 3. The Morgan fingerprint density at radius 3 is 2.19 bits per heavy atom. The normalized spacial score (nSPS) is 12.3. The molecule has 0 unspecified atom stereocenters. The standard InChI is InChI=1S/C24H26ClN3O4/c1-23(2,3)31-18(29)13-12-16-14-17-19(25)26-20(15-10-8-7-9-11-15)27-21(17)28(16)22(30)32-24(4,5)6/h7-14H,1-6H3/b13-12+. The Hall–Kier alpha value is -3.19. The van der Waals surface area contributed by atoms with Crippen LogP contribution in [0.25, 0.3) is 28.5 Å². The van der Waals surface area contributed by atoms with Gasteiger partial charge in [0, 0.05) is 11.6 Å². The summed E-state index contributed by atoms with van der Waals surface area (Å²) in [5, 5.41) is 0.643. The Labute approximate surface area is 192 Å². The molecule has 0 fully saturated rings. The van der Waals surface area contributed by atoms with Crippen LogP contribution in [-0.4, -0.2) is 37.8 Å². The molecule has 0 spiro atoms. The van der Waals surface area contributed by atoms with E-state index in [-0.39, 0.29) is 10.8 Å². The monoisotopic (exact) mass is 455 g/mol. The highest BCUT2D eigenvalue weighted by atomic mass is 35.5. The summed E-state index contributed by atoms with van der Waals surface area (Å²) in [6.07, 6.45) is 2.07. The molecule has 0 atom stereocenters. The van der Waals surface area contributed by atoms with E-state index in [0.29, 0.717) is 16.9 Å². The van der Waals surface area contributed by atoms with Crippen LogP contribution in [0.3, 0.4) is 0 Å². The Balaban J connectivity index is 2.15. The number of hydrogen-bond donors (Lipinski definition) is 0. The Kier molecular flexibility index (Phi) is 6.41. The van der Waals surface area contributed by atoms with Crippen molar-refractivity contribution in [1.82, 2.24) is 14.5 Å². The van der Waals surface area contributed by atoms with Gasteiger partial charge in [-0.05, 0) is 53.7 Å². The molecule has 8 heteroatoms. The lowest BCUT2D eigenvalue weighted by atomic mass is 10.2. The molecule has 3 aromatic rings. The summed E-state index contributed by atoms with van der Waals surface area (Å²) in [5.74, 6) is -0.172. The lowest BCUT2D eigenvalue weighted by molar-refractivity contribution is -0.148. The minimum atomic E-state index is -0.737. The van der Waals surface area contributed by atoms with Crippen molar-refractivity contribution >= 4 is 40.8 Å². The highest BCUT2D eigenvalue weighted by Gasteiger charge is 2.24. The third kappa shape index (κ3) is 5.73. The van der Waals surface area contributed by atoms with Gasteiger partial charge in [0.05, 0.1) is 11.1 Å². The second-order valence-electron chi connectivity index (χ2n) is 9.19. The average Bonchev–Trinajstić information content (AvgIpc) is 3.03. The van der Waals surface area contributed by atoms with Crippen molar-refractivity contribution < 1.29 is 19.1 Å². The molecule has 1 aromatic carbocycles. The summed E-state index contributed by atoms with van der Waals surface area (Å²) >= 11 is 6.45. The van der Waals surface area contributed by atoms with Crippen LogP contribution in [0.4, 0.5) is 4.79 Å². The van der Waals surface area contributed by atoms with Gasteiger partial charge in [0.15, 0.2) is 11.5 Å². The molecule has 2 heterocycles. The fraction of sp³-hybridized carbons (Fsp3) is 0.333. The van der Waals surface area contributed by atoms with E-state index in [9.17, 15) is 9.59 Å². The fourth-order valence-electron chi connectivity index (χ4n) is 2.89. The minimum Gasteiger partial charge on any atom is -0.457 e. The van der Waals surface area contributed by atoms with Crippen molar-refractivity contribution in [3.8, 4) is 11.4 Å². The molecule has 0 aliphatic rings. The zero-order valence-electron chi connectivity index (χ0n) is 19.0. The van der Waals surface area contributed by atoms with E-state index in [1.807, 2.05) is 30.3 Å². The first kappa shape index (κ1) is 23.5. The second-order valence-corrected chi connectivity index (χ2v) is 9.55. The van der Waals surface area contributed by atoms with Gasteiger partial charge in [-0.2, -0.15) is 0 Å². The number of nitrogens with zero attached hydrogens (tertiary/aromatic N) is 3. The second kappa shape index (κ2) is 8.74. The summed E-state index contributed by atoms with van der Waals surface area (Å²) in [6, 6.07) is 10.9. The summed E-state index contributed by atoms with van der Waals surface area (Å²) in [5.41, 5.74) is 0.0138. The lowest BCUT2D eigenvalue weighted by Gasteiger charge is -2.20. The van der Waals surface area contributed by atoms with Crippen LogP contribution < -0.4 is 0 Å². The van der Waals surface area contributed by atoms with Crippen LogP contribution in [0.1, 0.15) is 47.2 Å². The van der Waals surface area contributed by atoms with E-state index in [0.717, 1.165) is 5.56 Å². The highest BCUT2D eigenvalue weighted by Crippen LogP contribution is 2.29. The van der Waals surface area contributed by atoms with Gasteiger partial charge in [0.2, 0.25) is 0 Å². The molecule has 0 aliphatic heterocycles. The molecular weight excluding hydrogens is 430 g/mol. The predicted molar refractivity (Wildman–Crippen MR) is 124 cm³/mol. The number of aromatic nitrogens is 3. The molecule has 0 aliphatic carbocycles. The van der Waals surface area contributed by atoms with E-state index < -0.39 is 23.3 Å². The smallest absolute Gasteiger partial charge is 0.420 e.